The number of hydrogen-bond acceptors (Lipinski definition) is 4. The van der Waals surface area contributed by atoms with Gasteiger partial charge in [-0.25, -0.2) is 4.98 Å². The molecule has 0 bridgehead atoms. The lowest BCUT2D eigenvalue weighted by atomic mass is 10.1. The Kier molecular flexibility index (Phi) is 5.19. The topological polar surface area (TPSA) is 49.8 Å². The number of aromatic nitrogens is 2. The maximum absolute atomic E-state index is 6.09. The zero-order chi connectivity index (χ0) is 17.8. The Labute approximate surface area is 153 Å². The minimum absolute atomic E-state index is 0.601. The average molecular weight is 353 g/mol. The summed E-state index contributed by atoms with van der Waals surface area (Å²) < 4.78 is 0. The number of nitrogens with one attached hydrogen (secondary N) is 2. The van der Waals surface area contributed by atoms with Crippen LogP contribution in [0.4, 0.5) is 17.5 Å². The van der Waals surface area contributed by atoms with Gasteiger partial charge in [0.1, 0.15) is 5.82 Å². The second kappa shape index (κ2) is 7.53. The fourth-order valence-corrected chi connectivity index (χ4v) is 2.75. The first-order chi connectivity index (χ1) is 12.0. The van der Waals surface area contributed by atoms with E-state index in [2.05, 4.69) is 51.8 Å². The van der Waals surface area contributed by atoms with Gasteiger partial charge in [-0.2, -0.15) is 4.98 Å². The van der Waals surface area contributed by atoms with Gasteiger partial charge in [0, 0.05) is 29.0 Å². The largest absolute Gasteiger partial charge is 0.350 e. The Morgan fingerprint density at radius 2 is 1.80 bits per heavy atom. The van der Waals surface area contributed by atoms with Gasteiger partial charge in [-0.05, 0) is 44.0 Å². The molecule has 0 saturated heterocycles. The van der Waals surface area contributed by atoms with Gasteiger partial charge >= 0.3 is 0 Å². The Bertz CT molecular complexity index is 893. The van der Waals surface area contributed by atoms with Gasteiger partial charge in [0.25, 0.3) is 0 Å². The molecular formula is C20H21ClN4. The van der Waals surface area contributed by atoms with E-state index in [1.807, 2.05) is 38.1 Å². The van der Waals surface area contributed by atoms with Crippen LogP contribution in [0, 0.1) is 20.8 Å². The highest BCUT2D eigenvalue weighted by molar-refractivity contribution is 6.30. The van der Waals surface area contributed by atoms with Crippen molar-refractivity contribution in [3.05, 3.63) is 75.9 Å². The third-order valence-electron chi connectivity index (χ3n) is 3.85. The lowest BCUT2D eigenvalue weighted by Crippen LogP contribution is -2.06. The van der Waals surface area contributed by atoms with Gasteiger partial charge in [-0.3, -0.25) is 0 Å². The second-order valence-corrected chi connectivity index (χ2v) is 6.58. The monoisotopic (exact) mass is 352 g/mol. The summed E-state index contributed by atoms with van der Waals surface area (Å²) in [5.41, 5.74) is 5.38. The highest BCUT2D eigenvalue weighted by Gasteiger charge is 2.05. The molecule has 0 fully saturated rings. The third kappa shape index (κ3) is 4.70. The van der Waals surface area contributed by atoms with Crippen LogP contribution in [0.3, 0.4) is 0 Å². The Hall–Kier alpha value is -2.59. The zero-order valence-corrected chi connectivity index (χ0v) is 15.4. The summed E-state index contributed by atoms with van der Waals surface area (Å²) in [5, 5.41) is 7.31. The summed E-state index contributed by atoms with van der Waals surface area (Å²) in [4.78, 5) is 9.03. The Morgan fingerprint density at radius 3 is 2.60 bits per heavy atom. The molecule has 0 spiro atoms. The van der Waals surface area contributed by atoms with Crippen LogP contribution in [0.2, 0.25) is 5.02 Å². The van der Waals surface area contributed by atoms with Gasteiger partial charge in [0.05, 0.1) is 0 Å². The van der Waals surface area contributed by atoms with E-state index in [4.69, 9.17) is 11.6 Å². The van der Waals surface area contributed by atoms with E-state index in [9.17, 15) is 0 Å². The molecule has 0 aliphatic carbocycles. The highest BCUT2D eigenvalue weighted by atomic mass is 35.5. The number of rotatable bonds is 5. The number of nitrogens with zero attached hydrogens (tertiary/aromatic N) is 2. The van der Waals surface area contributed by atoms with Crippen LogP contribution < -0.4 is 10.6 Å². The van der Waals surface area contributed by atoms with Crippen molar-refractivity contribution in [3.63, 3.8) is 0 Å². The fraction of sp³-hybridized carbons (Fsp3) is 0.200. The summed E-state index contributed by atoms with van der Waals surface area (Å²) in [6, 6.07) is 16.0. The molecule has 0 amide bonds. The minimum Gasteiger partial charge on any atom is -0.350 e. The molecule has 0 aliphatic rings. The van der Waals surface area contributed by atoms with E-state index in [-0.39, 0.29) is 0 Å². The molecule has 0 aliphatic heterocycles. The second-order valence-electron chi connectivity index (χ2n) is 6.15. The summed E-state index contributed by atoms with van der Waals surface area (Å²) in [6.07, 6.45) is 0. The maximum atomic E-state index is 6.09. The summed E-state index contributed by atoms with van der Waals surface area (Å²) in [6.45, 7) is 6.75. The van der Waals surface area contributed by atoms with E-state index in [0.717, 1.165) is 22.8 Å². The van der Waals surface area contributed by atoms with Crippen LogP contribution in [0.1, 0.15) is 22.4 Å². The number of benzene rings is 2. The molecule has 0 radical (unpaired) electrons. The maximum Gasteiger partial charge on any atom is 0.225 e. The first-order valence-electron chi connectivity index (χ1n) is 8.18. The van der Waals surface area contributed by atoms with E-state index < -0.39 is 0 Å². The molecule has 128 valence electrons. The van der Waals surface area contributed by atoms with Gasteiger partial charge < -0.3 is 10.6 Å². The Balaban J connectivity index is 1.77. The first-order valence-corrected chi connectivity index (χ1v) is 8.56. The molecule has 0 atom stereocenters. The van der Waals surface area contributed by atoms with E-state index in [1.54, 1.807) is 0 Å². The lowest BCUT2D eigenvalue weighted by Gasteiger charge is -2.12. The molecule has 0 saturated carbocycles. The van der Waals surface area contributed by atoms with Crippen LogP contribution in [-0.4, -0.2) is 9.97 Å². The molecule has 25 heavy (non-hydrogen) atoms. The number of anilines is 3. The summed E-state index contributed by atoms with van der Waals surface area (Å²) in [5.74, 6) is 1.34. The smallest absolute Gasteiger partial charge is 0.225 e. The highest BCUT2D eigenvalue weighted by Crippen LogP contribution is 2.24. The average Bonchev–Trinajstić information content (AvgIpc) is 2.56. The van der Waals surface area contributed by atoms with E-state index in [0.29, 0.717) is 17.5 Å². The van der Waals surface area contributed by atoms with E-state index >= 15 is 0 Å². The fourth-order valence-electron chi connectivity index (χ4n) is 2.58. The number of aryl methyl sites for hydroxylation is 3. The van der Waals surface area contributed by atoms with Crippen LogP contribution in [0.25, 0.3) is 0 Å². The lowest BCUT2D eigenvalue weighted by molar-refractivity contribution is 1.03. The number of hydrogen-bond donors (Lipinski definition) is 2. The van der Waals surface area contributed by atoms with Crippen molar-refractivity contribution in [2.45, 2.75) is 27.3 Å². The molecule has 3 rings (SSSR count). The Morgan fingerprint density at radius 1 is 0.960 bits per heavy atom. The molecule has 1 heterocycles. The number of halogens is 1. The van der Waals surface area contributed by atoms with Crippen molar-refractivity contribution in [1.82, 2.24) is 9.97 Å². The quantitative estimate of drug-likeness (QED) is 0.644. The molecule has 1 aromatic heterocycles. The summed E-state index contributed by atoms with van der Waals surface area (Å²) >= 11 is 6.09. The van der Waals surface area contributed by atoms with Gasteiger partial charge in [0.15, 0.2) is 0 Å². The molecule has 2 aromatic carbocycles. The molecular weight excluding hydrogens is 332 g/mol. The molecule has 5 heteroatoms. The molecule has 0 unspecified atom stereocenters. The van der Waals surface area contributed by atoms with Crippen molar-refractivity contribution < 1.29 is 0 Å². The molecule has 2 N–H and O–H groups in total. The standard InChI is InChI=1S/C20H21ClN4/c1-13-5-4-6-16(9-13)12-22-20-23-15(3)10-19(25-20)24-18-11-17(21)8-7-14(18)2/h4-11H,12H2,1-3H3,(H2,22,23,24,25). The van der Waals surface area contributed by atoms with Gasteiger partial charge in [0.2, 0.25) is 5.95 Å². The van der Waals surface area contributed by atoms with Gasteiger partial charge in [-0.15, -0.1) is 0 Å². The van der Waals surface area contributed by atoms with Crippen molar-refractivity contribution >= 4 is 29.1 Å². The predicted octanol–water partition coefficient (Wildman–Crippen LogP) is 5.41. The van der Waals surface area contributed by atoms with Crippen LogP contribution in [0.15, 0.2) is 48.5 Å². The predicted molar refractivity (Wildman–Crippen MR) is 105 cm³/mol. The van der Waals surface area contributed by atoms with Gasteiger partial charge in [-0.1, -0.05) is 47.5 Å². The third-order valence-corrected chi connectivity index (χ3v) is 4.08. The minimum atomic E-state index is 0.601. The van der Waals surface area contributed by atoms with Crippen LogP contribution >= 0.6 is 11.6 Å². The first kappa shape index (κ1) is 17.2. The molecule has 4 nitrogen and oxygen atoms in total. The van der Waals surface area contributed by atoms with Crippen molar-refractivity contribution in [3.8, 4) is 0 Å². The van der Waals surface area contributed by atoms with Crippen molar-refractivity contribution in [1.29, 1.82) is 0 Å². The summed E-state index contributed by atoms with van der Waals surface area (Å²) in [7, 11) is 0. The normalized spacial score (nSPS) is 10.6. The SMILES string of the molecule is Cc1cccc(CNc2nc(C)cc(Nc3cc(Cl)ccc3C)n2)c1. The zero-order valence-electron chi connectivity index (χ0n) is 14.6. The molecule has 3 aromatic rings. The van der Waals surface area contributed by atoms with E-state index in [1.165, 1.54) is 11.1 Å². The van der Waals surface area contributed by atoms with Crippen LogP contribution in [0.5, 0.6) is 0 Å². The van der Waals surface area contributed by atoms with Crippen LogP contribution in [-0.2, 0) is 6.54 Å². The van der Waals surface area contributed by atoms with Crippen molar-refractivity contribution in [2.75, 3.05) is 10.6 Å². The van der Waals surface area contributed by atoms with Crippen molar-refractivity contribution in [2.24, 2.45) is 0 Å².